The Labute approximate surface area is 85.5 Å². The van der Waals surface area contributed by atoms with E-state index in [1.54, 1.807) is 0 Å². The van der Waals surface area contributed by atoms with Crippen LogP contribution < -0.4 is 0 Å². The van der Waals surface area contributed by atoms with Crippen LogP contribution in [0.1, 0.15) is 5.56 Å². The Hall–Kier alpha value is -0.320. The maximum absolute atomic E-state index is 12.6. The highest BCUT2D eigenvalue weighted by atomic mass is 35.5. The highest BCUT2D eigenvalue weighted by Crippen LogP contribution is 2.29. The maximum atomic E-state index is 12.6. The van der Waals surface area contributed by atoms with Crippen molar-refractivity contribution in [1.82, 2.24) is 0 Å². The largest absolute Gasteiger partial charge is 0.333 e. The Kier molecular flexibility index (Phi) is 2.85. The molecular weight excluding hydrogens is 238 g/mol. The van der Waals surface area contributed by atoms with Crippen molar-refractivity contribution in [1.29, 1.82) is 0 Å². The highest BCUT2D eigenvalue weighted by Gasteiger charge is 2.19. The quantitative estimate of drug-likeness (QED) is 0.710. The molecule has 0 amide bonds. The first-order valence-electron chi connectivity index (χ1n) is 3.22. The smallest absolute Gasteiger partial charge is 0.189 e. The van der Waals surface area contributed by atoms with Gasteiger partial charge in [0, 0.05) is 5.02 Å². The van der Waals surface area contributed by atoms with Gasteiger partial charge in [-0.1, -0.05) is 23.2 Å². The van der Waals surface area contributed by atoms with Crippen molar-refractivity contribution < 1.29 is 12.3 Å². The van der Waals surface area contributed by atoms with E-state index < -0.39 is 15.1 Å². The van der Waals surface area contributed by atoms with Crippen LogP contribution in [0.2, 0.25) is 10.0 Å². The number of hydrogen-bond acceptors (Lipinski definition) is 2. The number of hydrogen-bond donors (Lipinski definition) is 0. The third-order valence-corrected chi connectivity index (χ3v) is 3.10. The normalized spacial score (nSPS) is 11.7. The minimum absolute atomic E-state index is 0.194. The molecule has 1 rings (SSSR count). The molecule has 6 heteroatoms. The van der Waals surface area contributed by atoms with E-state index in [0.29, 0.717) is 0 Å². The van der Waals surface area contributed by atoms with Crippen LogP contribution in [0.5, 0.6) is 0 Å². The average molecular weight is 243 g/mol. The maximum Gasteiger partial charge on any atom is 0.333 e. The van der Waals surface area contributed by atoms with Crippen molar-refractivity contribution in [2.24, 2.45) is 0 Å². The van der Waals surface area contributed by atoms with E-state index in [1.165, 1.54) is 19.1 Å². The highest BCUT2D eigenvalue weighted by molar-refractivity contribution is 7.86. The van der Waals surface area contributed by atoms with Crippen molar-refractivity contribution in [2.75, 3.05) is 0 Å². The van der Waals surface area contributed by atoms with Gasteiger partial charge in [0.25, 0.3) is 0 Å². The summed E-state index contributed by atoms with van der Waals surface area (Å²) in [5, 5.41) is 0.0717. The number of benzene rings is 1. The van der Waals surface area contributed by atoms with Gasteiger partial charge in [-0.15, -0.1) is 3.89 Å². The molecule has 0 N–H and O–H groups in total. The zero-order valence-corrected chi connectivity index (χ0v) is 8.84. The van der Waals surface area contributed by atoms with Gasteiger partial charge >= 0.3 is 10.2 Å². The number of rotatable bonds is 1. The zero-order chi connectivity index (χ0) is 10.2. The van der Waals surface area contributed by atoms with Gasteiger partial charge in [-0.3, -0.25) is 0 Å². The summed E-state index contributed by atoms with van der Waals surface area (Å²) in [5.74, 6) is 0. The molecule has 0 aliphatic heterocycles. The SMILES string of the molecule is Cc1cc(Cl)cc(Cl)c1S(=O)(=O)F. The van der Waals surface area contributed by atoms with Crippen molar-refractivity contribution in [2.45, 2.75) is 11.8 Å². The van der Waals surface area contributed by atoms with Gasteiger partial charge in [-0.2, -0.15) is 8.42 Å². The van der Waals surface area contributed by atoms with E-state index in [9.17, 15) is 12.3 Å². The zero-order valence-electron chi connectivity index (χ0n) is 6.51. The standard InChI is InChI=1S/C7H5Cl2FO2S/c1-4-2-5(8)3-6(9)7(4)13(10,11)12/h2-3H,1H3. The first-order chi connectivity index (χ1) is 5.82. The van der Waals surface area contributed by atoms with Crippen LogP contribution in [0.4, 0.5) is 3.89 Å². The molecule has 2 nitrogen and oxygen atoms in total. The van der Waals surface area contributed by atoms with Gasteiger partial charge in [0.05, 0.1) is 5.02 Å². The molecule has 0 saturated heterocycles. The molecule has 72 valence electrons. The molecule has 0 bridgehead atoms. The Bertz CT molecular complexity index is 419. The molecular formula is C7H5Cl2FO2S. The lowest BCUT2D eigenvalue weighted by molar-refractivity contribution is 0.551. The molecule has 0 spiro atoms. The minimum Gasteiger partial charge on any atom is -0.189 e. The fourth-order valence-electron chi connectivity index (χ4n) is 0.998. The van der Waals surface area contributed by atoms with Gasteiger partial charge in [0.15, 0.2) is 0 Å². The average Bonchev–Trinajstić information content (AvgIpc) is 1.78. The van der Waals surface area contributed by atoms with Crippen LogP contribution in [-0.4, -0.2) is 8.42 Å². The van der Waals surface area contributed by atoms with Crippen LogP contribution >= 0.6 is 23.2 Å². The lowest BCUT2D eigenvalue weighted by Crippen LogP contribution is -1.96. The van der Waals surface area contributed by atoms with E-state index in [0.717, 1.165) is 0 Å². The summed E-state index contributed by atoms with van der Waals surface area (Å²) >= 11 is 11.1. The fraction of sp³-hybridized carbons (Fsp3) is 0.143. The Morgan fingerprint density at radius 2 is 1.85 bits per heavy atom. The summed E-state index contributed by atoms with van der Waals surface area (Å²) in [7, 11) is -4.77. The second-order valence-electron chi connectivity index (χ2n) is 2.47. The molecule has 0 heterocycles. The Morgan fingerprint density at radius 1 is 1.31 bits per heavy atom. The third-order valence-electron chi connectivity index (χ3n) is 1.44. The summed E-state index contributed by atoms with van der Waals surface area (Å²) < 4.78 is 33.8. The molecule has 0 aliphatic rings. The molecule has 1 aromatic rings. The predicted molar refractivity (Wildman–Crippen MR) is 49.5 cm³/mol. The summed E-state index contributed by atoms with van der Waals surface area (Å²) in [5.41, 5.74) is 0.194. The van der Waals surface area contributed by atoms with E-state index in [2.05, 4.69) is 0 Å². The van der Waals surface area contributed by atoms with E-state index in [4.69, 9.17) is 23.2 Å². The first kappa shape index (κ1) is 10.8. The first-order valence-corrected chi connectivity index (χ1v) is 5.36. The van der Waals surface area contributed by atoms with Crippen molar-refractivity contribution in [3.8, 4) is 0 Å². The van der Waals surface area contributed by atoms with E-state index in [1.807, 2.05) is 0 Å². The molecule has 0 atom stereocenters. The van der Waals surface area contributed by atoms with Crippen LogP contribution in [0, 0.1) is 6.92 Å². The van der Waals surface area contributed by atoms with Gasteiger partial charge < -0.3 is 0 Å². The van der Waals surface area contributed by atoms with Crippen molar-refractivity contribution >= 4 is 33.4 Å². The molecule has 1 aromatic carbocycles. The molecule has 0 aromatic heterocycles. The van der Waals surface area contributed by atoms with Gasteiger partial charge in [-0.25, -0.2) is 0 Å². The van der Waals surface area contributed by atoms with Crippen LogP contribution in [0.25, 0.3) is 0 Å². The topological polar surface area (TPSA) is 34.1 Å². The van der Waals surface area contributed by atoms with Gasteiger partial charge in [0.1, 0.15) is 4.90 Å². The summed E-state index contributed by atoms with van der Waals surface area (Å²) in [4.78, 5) is -0.515. The molecule has 0 fully saturated rings. The Balaban J connectivity index is 3.57. The molecule has 0 saturated carbocycles. The van der Waals surface area contributed by atoms with Crippen molar-refractivity contribution in [3.05, 3.63) is 27.7 Å². The molecule has 0 radical (unpaired) electrons. The lowest BCUT2D eigenvalue weighted by atomic mass is 10.2. The molecule has 0 aliphatic carbocycles. The monoisotopic (exact) mass is 242 g/mol. The second kappa shape index (κ2) is 3.44. The van der Waals surface area contributed by atoms with Crippen LogP contribution in [0.3, 0.4) is 0 Å². The van der Waals surface area contributed by atoms with E-state index in [-0.39, 0.29) is 15.6 Å². The Morgan fingerprint density at radius 3 is 2.23 bits per heavy atom. The fourth-order valence-corrected chi connectivity index (χ4v) is 2.60. The van der Waals surface area contributed by atoms with E-state index >= 15 is 0 Å². The minimum atomic E-state index is -4.77. The van der Waals surface area contributed by atoms with Gasteiger partial charge in [0.2, 0.25) is 0 Å². The third kappa shape index (κ3) is 2.33. The molecule has 13 heavy (non-hydrogen) atoms. The molecule has 0 unspecified atom stereocenters. The predicted octanol–water partition coefficient (Wildman–Crippen LogP) is 2.96. The second-order valence-corrected chi connectivity index (χ2v) is 4.60. The summed E-state index contributed by atoms with van der Waals surface area (Å²) in [6, 6.07) is 2.52. The number of halogens is 3. The number of aryl methyl sites for hydroxylation is 1. The van der Waals surface area contributed by atoms with Crippen molar-refractivity contribution in [3.63, 3.8) is 0 Å². The summed E-state index contributed by atoms with van der Waals surface area (Å²) in [6.07, 6.45) is 0. The lowest BCUT2D eigenvalue weighted by Gasteiger charge is -2.03. The van der Waals surface area contributed by atoms with Crippen LogP contribution in [-0.2, 0) is 10.2 Å². The van der Waals surface area contributed by atoms with Crippen LogP contribution in [0.15, 0.2) is 17.0 Å². The van der Waals surface area contributed by atoms with Gasteiger partial charge in [-0.05, 0) is 24.6 Å². The summed E-state index contributed by atoms with van der Waals surface area (Å²) in [6.45, 7) is 1.42.